The highest BCUT2D eigenvalue weighted by Gasteiger charge is 2.21. The van der Waals surface area contributed by atoms with Gasteiger partial charge in [-0.15, -0.1) is 0 Å². The van der Waals surface area contributed by atoms with Crippen molar-refractivity contribution in [2.24, 2.45) is 5.73 Å². The van der Waals surface area contributed by atoms with Crippen LogP contribution in [0, 0.1) is 0 Å². The van der Waals surface area contributed by atoms with E-state index in [-0.39, 0.29) is 6.42 Å². The van der Waals surface area contributed by atoms with Gasteiger partial charge in [0.1, 0.15) is 0 Å². The summed E-state index contributed by atoms with van der Waals surface area (Å²) in [4.78, 5) is 22.6. The van der Waals surface area contributed by atoms with E-state index in [1.807, 2.05) is 13.8 Å². The lowest BCUT2D eigenvalue weighted by molar-refractivity contribution is -0.118. The molecule has 0 aliphatic heterocycles. The summed E-state index contributed by atoms with van der Waals surface area (Å²) in [5.41, 5.74) is 12.0. The van der Waals surface area contributed by atoms with Crippen molar-refractivity contribution >= 4 is 23.3 Å². The molecule has 5 N–H and O–H groups in total. The van der Waals surface area contributed by atoms with Crippen LogP contribution in [0.5, 0.6) is 0 Å². The SMILES string of the molecule is CCOC(=O)c1ccc(NC(C)(C)CC(N)=O)c(N)c1. The molecule has 0 bridgehead atoms. The molecule has 0 fully saturated rings. The fourth-order valence-corrected chi connectivity index (χ4v) is 1.86. The molecule has 1 rings (SSSR count). The number of amides is 1. The molecule has 0 unspecified atom stereocenters. The molecule has 1 aromatic rings. The smallest absolute Gasteiger partial charge is 0.338 e. The minimum absolute atomic E-state index is 0.173. The van der Waals surface area contributed by atoms with Crippen LogP contribution in [-0.2, 0) is 9.53 Å². The van der Waals surface area contributed by atoms with Crippen LogP contribution in [0.15, 0.2) is 18.2 Å². The topological polar surface area (TPSA) is 107 Å². The highest BCUT2D eigenvalue weighted by atomic mass is 16.5. The predicted octanol–water partition coefficient (Wildman–Crippen LogP) is 1.51. The Morgan fingerprint density at radius 3 is 2.50 bits per heavy atom. The van der Waals surface area contributed by atoms with Crippen LogP contribution in [0.2, 0.25) is 0 Å². The summed E-state index contributed by atoms with van der Waals surface area (Å²) in [6, 6.07) is 4.85. The third-order valence-electron chi connectivity index (χ3n) is 2.65. The maximum atomic E-state index is 11.6. The van der Waals surface area contributed by atoms with Gasteiger partial charge in [0, 0.05) is 12.0 Å². The van der Waals surface area contributed by atoms with Gasteiger partial charge in [0.2, 0.25) is 5.91 Å². The van der Waals surface area contributed by atoms with Crippen LogP contribution in [0.1, 0.15) is 37.6 Å². The minimum atomic E-state index is -0.522. The first-order chi connectivity index (χ1) is 9.25. The Hall–Kier alpha value is -2.24. The number of primary amides is 1. The minimum Gasteiger partial charge on any atom is -0.462 e. The Kier molecular flexibility index (Phi) is 4.96. The molecule has 1 aromatic carbocycles. The standard InChI is InChI=1S/C14H21N3O3/c1-4-20-13(19)9-5-6-11(10(15)7-9)17-14(2,3)8-12(16)18/h5-7,17H,4,8,15H2,1-3H3,(H2,16,18). The fraction of sp³-hybridized carbons (Fsp3) is 0.429. The van der Waals surface area contributed by atoms with Gasteiger partial charge in [-0.25, -0.2) is 4.79 Å². The van der Waals surface area contributed by atoms with Crippen LogP contribution < -0.4 is 16.8 Å². The third kappa shape index (κ3) is 4.46. The Labute approximate surface area is 118 Å². The molecule has 0 aliphatic carbocycles. The van der Waals surface area contributed by atoms with Gasteiger partial charge in [-0.2, -0.15) is 0 Å². The summed E-state index contributed by atoms with van der Waals surface area (Å²) in [6.07, 6.45) is 0.173. The van der Waals surface area contributed by atoms with Crippen molar-refractivity contribution < 1.29 is 14.3 Å². The highest BCUT2D eigenvalue weighted by Crippen LogP contribution is 2.25. The average molecular weight is 279 g/mol. The fourth-order valence-electron chi connectivity index (χ4n) is 1.86. The molecule has 0 saturated carbocycles. The van der Waals surface area contributed by atoms with Crippen LogP contribution in [0.25, 0.3) is 0 Å². The highest BCUT2D eigenvalue weighted by molar-refractivity contribution is 5.92. The quantitative estimate of drug-likeness (QED) is 0.540. The van der Waals surface area contributed by atoms with Gasteiger partial charge in [0.15, 0.2) is 0 Å². The number of hydrogen-bond acceptors (Lipinski definition) is 5. The van der Waals surface area contributed by atoms with E-state index < -0.39 is 17.4 Å². The van der Waals surface area contributed by atoms with Crippen LogP contribution in [0.3, 0.4) is 0 Å². The molecule has 0 spiro atoms. The van der Waals surface area contributed by atoms with E-state index in [0.717, 1.165) is 0 Å². The Morgan fingerprint density at radius 2 is 2.00 bits per heavy atom. The van der Waals surface area contributed by atoms with Gasteiger partial charge in [-0.3, -0.25) is 4.79 Å². The van der Waals surface area contributed by atoms with E-state index in [1.165, 1.54) is 0 Å². The average Bonchev–Trinajstić information content (AvgIpc) is 2.30. The van der Waals surface area contributed by atoms with E-state index in [2.05, 4.69) is 5.32 Å². The van der Waals surface area contributed by atoms with E-state index in [4.69, 9.17) is 16.2 Å². The molecule has 20 heavy (non-hydrogen) atoms. The largest absolute Gasteiger partial charge is 0.462 e. The van der Waals surface area contributed by atoms with Gasteiger partial charge < -0.3 is 21.5 Å². The van der Waals surface area contributed by atoms with E-state index in [1.54, 1.807) is 25.1 Å². The zero-order chi connectivity index (χ0) is 15.3. The zero-order valence-corrected chi connectivity index (χ0v) is 12.0. The van der Waals surface area contributed by atoms with Crippen molar-refractivity contribution in [2.45, 2.75) is 32.7 Å². The first-order valence-corrected chi connectivity index (χ1v) is 6.38. The number of hydrogen-bond donors (Lipinski definition) is 3. The Balaban J connectivity index is 2.88. The molecule has 0 aliphatic rings. The van der Waals surface area contributed by atoms with Crippen molar-refractivity contribution in [3.05, 3.63) is 23.8 Å². The summed E-state index contributed by atoms with van der Waals surface area (Å²) in [7, 11) is 0. The number of nitrogens with one attached hydrogen (secondary N) is 1. The predicted molar refractivity (Wildman–Crippen MR) is 78.3 cm³/mol. The molecule has 0 aromatic heterocycles. The number of nitrogen functional groups attached to an aromatic ring is 1. The van der Waals surface area contributed by atoms with E-state index in [9.17, 15) is 9.59 Å². The first kappa shape index (κ1) is 15.8. The number of carbonyl (C=O) groups is 2. The molecule has 0 saturated heterocycles. The second-order valence-corrected chi connectivity index (χ2v) is 5.17. The molecule has 6 nitrogen and oxygen atoms in total. The van der Waals surface area contributed by atoms with Gasteiger partial charge in [0.05, 0.1) is 23.5 Å². The summed E-state index contributed by atoms with van der Waals surface area (Å²) in [5, 5.41) is 3.14. The van der Waals surface area contributed by atoms with Crippen LogP contribution >= 0.6 is 0 Å². The molecule has 0 radical (unpaired) electrons. The summed E-state index contributed by atoms with van der Waals surface area (Å²) in [6.45, 7) is 5.74. The second-order valence-electron chi connectivity index (χ2n) is 5.17. The molecule has 0 atom stereocenters. The summed E-state index contributed by atoms with van der Waals surface area (Å²) < 4.78 is 4.90. The van der Waals surface area contributed by atoms with Crippen molar-refractivity contribution in [1.82, 2.24) is 0 Å². The van der Waals surface area contributed by atoms with Crippen molar-refractivity contribution in [1.29, 1.82) is 0 Å². The molecule has 6 heteroatoms. The lowest BCUT2D eigenvalue weighted by Gasteiger charge is -2.27. The molecule has 110 valence electrons. The molecular weight excluding hydrogens is 258 g/mol. The molecular formula is C14H21N3O3. The summed E-state index contributed by atoms with van der Waals surface area (Å²) in [5.74, 6) is -0.814. The van der Waals surface area contributed by atoms with Gasteiger partial charge in [-0.05, 0) is 39.0 Å². The van der Waals surface area contributed by atoms with Crippen molar-refractivity contribution in [3.63, 3.8) is 0 Å². The van der Waals surface area contributed by atoms with Gasteiger partial charge in [-0.1, -0.05) is 0 Å². The Morgan fingerprint density at radius 1 is 1.35 bits per heavy atom. The van der Waals surface area contributed by atoms with E-state index in [0.29, 0.717) is 23.5 Å². The third-order valence-corrected chi connectivity index (χ3v) is 2.65. The second kappa shape index (κ2) is 6.27. The Bertz CT molecular complexity index is 512. The number of benzene rings is 1. The molecule has 1 amide bonds. The summed E-state index contributed by atoms with van der Waals surface area (Å²) >= 11 is 0. The zero-order valence-electron chi connectivity index (χ0n) is 12.0. The number of rotatable bonds is 6. The maximum absolute atomic E-state index is 11.6. The van der Waals surface area contributed by atoms with Crippen LogP contribution in [-0.4, -0.2) is 24.0 Å². The van der Waals surface area contributed by atoms with Crippen molar-refractivity contribution in [3.8, 4) is 0 Å². The van der Waals surface area contributed by atoms with E-state index >= 15 is 0 Å². The monoisotopic (exact) mass is 279 g/mol. The number of anilines is 2. The van der Waals surface area contributed by atoms with Gasteiger partial charge >= 0.3 is 5.97 Å². The lowest BCUT2D eigenvalue weighted by Crippen LogP contribution is -2.36. The number of carbonyl (C=O) groups excluding carboxylic acids is 2. The van der Waals surface area contributed by atoms with Crippen molar-refractivity contribution in [2.75, 3.05) is 17.7 Å². The normalized spacial score (nSPS) is 10.9. The first-order valence-electron chi connectivity index (χ1n) is 6.38. The van der Waals surface area contributed by atoms with Gasteiger partial charge in [0.25, 0.3) is 0 Å². The van der Waals surface area contributed by atoms with Crippen LogP contribution in [0.4, 0.5) is 11.4 Å². The number of ether oxygens (including phenoxy) is 1. The number of nitrogens with two attached hydrogens (primary N) is 2. The maximum Gasteiger partial charge on any atom is 0.338 e. The number of esters is 1. The molecule has 0 heterocycles. The lowest BCUT2D eigenvalue weighted by atomic mass is 9.99.